The number of nitrogens with zero attached hydrogens (tertiary/aromatic N) is 1. The number of hydrogen-bond acceptors (Lipinski definition) is 4. The number of esters is 1. The van der Waals surface area contributed by atoms with Gasteiger partial charge in [0.05, 0.1) is 11.1 Å². The molecule has 3 rings (SSSR count). The topological polar surface area (TPSA) is 68.3 Å². The van der Waals surface area contributed by atoms with Crippen molar-refractivity contribution < 1.29 is 14.3 Å². The highest BCUT2D eigenvalue weighted by Crippen LogP contribution is 2.25. The smallest absolute Gasteiger partial charge is 0.339 e. The van der Waals surface area contributed by atoms with Crippen LogP contribution < -0.4 is 5.32 Å². The van der Waals surface area contributed by atoms with Crippen molar-refractivity contribution >= 4 is 22.8 Å². The number of amides is 1. The summed E-state index contributed by atoms with van der Waals surface area (Å²) in [5.74, 6) is -0.686. The fourth-order valence-electron chi connectivity index (χ4n) is 3.80. The molecule has 5 heteroatoms. The van der Waals surface area contributed by atoms with Gasteiger partial charge in [-0.3, -0.25) is 9.78 Å². The first-order chi connectivity index (χ1) is 13.0. The summed E-state index contributed by atoms with van der Waals surface area (Å²) >= 11 is 0. The molecule has 0 radical (unpaired) electrons. The molecule has 27 heavy (non-hydrogen) atoms. The number of nitrogens with one attached hydrogen (secondary N) is 1. The van der Waals surface area contributed by atoms with E-state index in [0.29, 0.717) is 5.56 Å². The number of benzene rings is 1. The van der Waals surface area contributed by atoms with Gasteiger partial charge in [0.1, 0.15) is 0 Å². The first-order valence-electron chi connectivity index (χ1n) is 9.90. The summed E-state index contributed by atoms with van der Waals surface area (Å²) in [6, 6.07) is 7.75. The molecule has 1 amide bonds. The van der Waals surface area contributed by atoms with Crippen molar-refractivity contribution in [1.29, 1.82) is 0 Å². The molecule has 144 valence electrons. The lowest BCUT2D eigenvalue weighted by Crippen LogP contribution is -2.42. The van der Waals surface area contributed by atoms with E-state index in [0.717, 1.165) is 54.3 Å². The third kappa shape index (κ3) is 4.29. The molecule has 1 aliphatic carbocycles. The zero-order valence-corrected chi connectivity index (χ0v) is 16.4. The van der Waals surface area contributed by atoms with Gasteiger partial charge in [0, 0.05) is 17.1 Å². The van der Waals surface area contributed by atoms with Crippen LogP contribution in [0, 0.1) is 6.92 Å². The minimum atomic E-state index is -0.823. The van der Waals surface area contributed by atoms with Gasteiger partial charge in [0.15, 0.2) is 6.10 Å². The minimum absolute atomic E-state index is 0.197. The van der Waals surface area contributed by atoms with E-state index in [1.165, 1.54) is 6.42 Å². The number of hydrogen-bond donors (Lipinski definition) is 1. The Kier molecular flexibility index (Phi) is 6.09. The Hall–Kier alpha value is -2.43. The second-order valence-electron chi connectivity index (χ2n) is 7.32. The second-order valence-corrected chi connectivity index (χ2v) is 7.32. The minimum Gasteiger partial charge on any atom is -0.449 e. The van der Waals surface area contributed by atoms with E-state index < -0.39 is 12.1 Å². The molecule has 5 nitrogen and oxygen atoms in total. The van der Waals surface area contributed by atoms with Gasteiger partial charge >= 0.3 is 5.97 Å². The zero-order valence-electron chi connectivity index (χ0n) is 16.4. The van der Waals surface area contributed by atoms with Crippen molar-refractivity contribution in [2.45, 2.75) is 71.4 Å². The number of pyridine rings is 1. The van der Waals surface area contributed by atoms with Crippen molar-refractivity contribution in [2.75, 3.05) is 0 Å². The average Bonchev–Trinajstić information content (AvgIpc) is 2.68. The molecule has 0 bridgehead atoms. The quantitative estimate of drug-likeness (QED) is 0.807. The molecule has 1 saturated carbocycles. The summed E-state index contributed by atoms with van der Waals surface area (Å²) < 4.78 is 5.55. The molecule has 0 spiro atoms. The van der Waals surface area contributed by atoms with E-state index in [2.05, 4.69) is 10.3 Å². The summed E-state index contributed by atoms with van der Waals surface area (Å²) in [5.41, 5.74) is 2.97. The fraction of sp³-hybridized carbons (Fsp3) is 0.500. The predicted molar refractivity (Wildman–Crippen MR) is 106 cm³/mol. The summed E-state index contributed by atoms with van der Waals surface area (Å²) in [5, 5.41) is 3.78. The Balaban J connectivity index is 1.79. The third-order valence-corrected chi connectivity index (χ3v) is 5.38. The first kappa shape index (κ1) is 19.3. The summed E-state index contributed by atoms with van der Waals surface area (Å²) in [4.78, 5) is 30.0. The number of fused-ring (bicyclic) bond motifs is 1. The molecule has 1 heterocycles. The largest absolute Gasteiger partial charge is 0.449 e. The normalized spacial score (nSPS) is 16.1. The lowest BCUT2D eigenvalue weighted by Gasteiger charge is -2.24. The van der Waals surface area contributed by atoms with E-state index in [9.17, 15) is 9.59 Å². The Morgan fingerprint density at radius 3 is 2.63 bits per heavy atom. The highest BCUT2D eigenvalue weighted by molar-refractivity contribution is 6.05. The van der Waals surface area contributed by atoms with Crippen molar-refractivity contribution in [3.63, 3.8) is 0 Å². The number of ether oxygens (including phenoxy) is 1. The Bertz CT molecular complexity index is 841. The van der Waals surface area contributed by atoms with Crippen LogP contribution in [0.25, 0.3) is 10.9 Å². The number of carbonyl (C=O) groups excluding carboxylic acids is 2. The molecule has 1 fully saturated rings. The van der Waals surface area contributed by atoms with E-state index in [1.54, 1.807) is 6.92 Å². The van der Waals surface area contributed by atoms with Crippen LogP contribution in [0.4, 0.5) is 0 Å². The highest BCUT2D eigenvalue weighted by Gasteiger charge is 2.25. The Morgan fingerprint density at radius 1 is 1.22 bits per heavy atom. The molecule has 1 atom stereocenters. The molecule has 1 aromatic carbocycles. The zero-order chi connectivity index (χ0) is 19.4. The van der Waals surface area contributed by atoms with Gasteiger partial charge in [-0.1, -0.05) is 44.4 Å². The van der Waals surface area contributed by atoms with E-state index in [1.807, 2.05) is 38.1 Å². The SMILES string of the molecule is CCc1nc2ccccc2c(C(=O)O[C@@H](C)C(=O)NC2CCCCC2)c1C. The Labute approximate surface area is 160 Å². The molecular formula is C22H28N2O3. The van der Waals surface area contributed by atoms with Gasteiger partial charge in [-0.2, -0.15) is 0 Å². The summed E-state index contributed by atoms with van der Waals surface area (Å²) in [6.45, 7) is 5.54. The van der Waals surface area contributed by atoms with Crippen LogP contribution in [-0.4, -0.2) is 29.0 Å². The number of aromatic nitrogens is 1. The Morgan fingerprint density at radius 2 is 1.93 bits per heavy atom. The summed E-state index contributed by atoms with van der Waals surface area (Å²) in [6.07, 6.45) is 5.42. The van der Waals surface area contributed by atoms with Crippen LogP contribution in [0.1, 0.15) is 67.6 Å². The lowest BCUT2D eigenvalue weighted by molar-refractivity contribution is -0.130. The van der Waals surface area contributed by atoms with Gasteiger partial charge < -0.3 is 10.1 Å². The van der Waals surface area contributed by atoms with Crippen molar-refractivity contribution in [2.24, 2.45) is 0 Å². The van der Waals surface area contributed by atoms with Crippen LogP contribution in [0.15, 0.2) is 24.3 Å². The highest BCUT2D eigenvalue weighted by atomic mass is 16.5. The maximum atomic E-state index is 12.9. The molecule has 2 aromatic rings. The molecule has 0 saturated heterocycles. The molecule has 1 aromatic heterocycles. The molecule has 1 N–H and O–H groups in total. The van der Waals surface area contributed by atoms with Gasteiger partial charge in [0.2, 0.25) is 0 Å². The maximum absolute atomic E-state index is 12.9. The fourth-order valence-corrected chi connectivity index (χ4v) is 3.80. The predicted octanol–water partition coefficient (Wildman–Crippen LogP) is 4.10. The maximum Gasteiger partial charge on any atom is 0.339 e. The third-order valence-electron chi connectivity index (χ3n) is 5.38. The molecule has 0 aliphatic heterocycles. The standard InChI is InChI=1S/C22H28N2O3/c1-4-18-14(2)20(17-12-8-9-13-19(17)24-18)22(26)27-15(3)21(25)23-16-10-6-5-7-11-16/h8-9,12-13,15-16H,4-7,10-11H2,1-3H3,(H,23,25)/t15-/m0/s1. The number of carbonyl (C=O) groups is 2. The first-order valence-corrected chi connectivity index (χ1v) is 9.90. The molecule has 0 unspecified atom stereocenters. The van der Waals surface area contributed by atoms with Crippen LogP contribution in [-0.2, 0) is 16.0 Å². The van der Waals surface area contributed by atoms with Gasteiger partial charge in [-0.05, 0) is 44.7 Å². The van der Waals surface area contributed by atoms with Crippen LogP contribution in [0.5, 0.6) is 0 Å². The van der Waals surface area contributed by atoms with Crippen molar-refractivity contribution in [1.82, 2.24) is 10.3 Å². The number of para-hydroxylation sites is 1. The van der Waals surface area contributed by atoms with E-state index in [4.69, 9.17) is 4.74 Å². The van der Waals surface area contributed by atoms with Gasteiger partial charge in [-0.15, -0.1) is 0 Å². The van der Waals surface area contributed by atoms with Crippen LogP contribution in [0.3, 0.4) is 0 Å². The monoisotopic (exact) mass is 368 g/mol. The average molecular weight is 368 g/mol. The van der Waals surface area contributed by atoms with E-state index >= 15 is 0 Å². The van der Waals surface area contributed by atoms with Crippen molar-refractivity contribution in [3.05, 3.63) is 41.1 Å². The summed E-state index contributed by atoms with van der Waals surface area (Å²) in [7, 11) is 0. The molecular weight excluding hydrogens is 340 g/mol. The number of rotatable bonds is 5. The van der Waals surface area contributed by atoms with Gasteiger partial charge in [0.25, 0.3) is 5.91 Å². The number of aryl methyl sites for hydroxylation is 1. The lowest BCUT2D eigenvalue weighted by atomic mass is 9.95. The van der Waals surface area contributed by atoms with Crippen molar-refractivity contribution in [3.8, 4) is 0 Å². The second kappa shape index (κ2) is 8.51. The van der Waals surface area contributed by atoms with Crippen LogP contribution in [0.2, 0.25) is 0 Å². The molecule has 1 aliphatic rings. The van der Waals surface area contributed by atoms with Gasteiger partial charge in [-0.25, -0.2) is 4.79 Å². The van der Waals surface area contributed by atoms with Crippen LogP contribution >= 0.6 is 0 Å². The van der Waals surface area contributed by atoms with E-state index in [-0.39, 0.29) is 11.9 Å².